The standard InChI is InChI=1S/C15H27BrN2S/c1-3-4-5-6-7-8-14(10-17)18(2)11-13-9-15(16)19-12-13/h9,12,14H,3-8,10-11,17H2,1-2H3. The number of rotatable bonds is 10. The van der Waals surface area contributed by atoms with Crippen LogP contribution in [-0.2, 0) is 6.54 Å². The largest absolute Gasteiger partial charge is 0.329 e. The van der Waals surface area contributed by atoms with E-state index < -0.39 is 0 Å². The van der Waals surface area contributed by atoms with E-state index in [9.17, 15) is 0 Å². The summed E-state index contributed by atoms with van der Waals surface area (Å²) in [6.07, 6.45) is 7.93. The number of likely N-dealkylation sites (N-methyl/N-ethyl adjacent to an activating group) is 1. The molecule has 1 aromatic heterocycles. The van der Waals surface area contributed by atoms with E-state index >= 15 is 0 Å². The van der Waals surface area contributed by atoms with Crippen molar-refractivity contribution >= 4 is 27.3 Å². The van der Waals surface area contributed by atoms with Crippen molar-refractivity contribution in [3.63, 3.8) is 0 Å². The molecule has 0 saturated carbocycles. The van der Waals surface area contributed by atoms with Crippen molar-refractivity contribution in [2.45, 2.75) is 58.0 Å². The predicted molar refractivity (Wildman–Crippen MR) is 89.7 cm³/mol. The molecule has 1 heterocycles. The molecule has 0 aliphatic heterocycles. The SMILES string of the molecule is CCCCCCCC(CN)N(C)Cc1csc(Br)c1. The highest BCUT2D eigenvalue weighted by Gasteiger charge is 2.13. The number of nitrogens with two attached hydrogens (primary N) is 1. The van der Waals surface area contributed by atoms with E-state index in [-0.39, 0.29) is 0 Å². The lowest BCUT2D eigenvalue weighted by Crippen LogP contribution is -2.37. The van der Waals surface area contributed by atoms with Crippen molar-refractivity contribution < 1.29 is 0 Å². The van der Waals surface area contributed by atoms with Gasteiger partial charge in [0.05, 0.1) is 3.79 Å². The third kappa shape index (κ3) is 6.89. The van der Waals surface area contributed by atoms with Crippen LogP contribution in [0.4, 0.5) is 0 Å². The molecule has 0 aliphatic carbocycles. The number of hydrogen-bond donors (Lipinski definition) is 1. The maximum absolute atomic E-state index is 5.93. The zero-order valence-electron chi connectivity index (χ0n) is 12.2. The Morgan fingerprint density at radius 1 is 1.32 bits per heavy atom. The summed E-state index contributed by atoms with van der Waals surface area (Å²) in [6.45, 7) is 4.02. The van der Waals surface area contributed by atoms with Gasteiger partial charge in [-0.05, 0) is 46.4 Å². The van der Waals surface area contributed by atoms with Crippen LogP contribution in [0.2, 0.25) is 0 Å². The summed E-state index contributed by atoms with van der Waals surface area (Å²) in [5.41, 5.74) is 7.30. The van der Waals surface area contributed by atoms with E-state index in [0.29, 0.717) is 6.04 Å². The Balaban J connectivity index is 2.28. The molecular formula is C15H27BrN2S. The molecule has 1 rings (SSSR count). The first-order chi connectivity index (χ1) is 9.17. The average Bonchev–Trinajstić information content (AvgIpc) is 2.79. The average molecular weight is 347 g/mol. The molecule has 1 unspecified atom stereocenters. The second-order valence-corrected chi connectivity index (χ2v) is 7.56. The van der Waals surface area contributed by atoms with Crippen molar-refractivity contribution in [3.8, 4) is 0 Å². The van der Waals surface area contributed by atoms with Gasteiger partial charge < -0.3 is 5.73 Å². The van der Waals surface area contributed by atoms with Crippen molar-refractivity contribution in [3.05, 3.63) is 20.8 Å². The van der Waals surface area contributed by atoms with Crippen LogP contribution in [0.1, 0.15) is 51.0 Å². The van der Waals surface area contributed by atoms with Crippen molar-refractivity contribution in [1.29, 1.82) is 0 Å². The Labute approximate surface area is 130 Å². The van der Waals surface area contributed by atoms with Gasteiger partial charge in [0, 0.05) is 19.1 Å². The van der Waals surface area contributed by atoms with E-state index in [1.807, 2.05) is 0 Å². The second-order valence-electron chi connectivity index (χ2n) is 5.27. The molecule has 1 aromatic rings. The van der Waals surface area contributed by atoms with E-state index in [2.05, 4.69) is 46.2 Å². The summed E-state index contributed by atoms with van der Waals surface area (Å²) in [5, 5.41) is 2.22. The van der Waals surface area contributed by atoms with E-state index in [4.69, 9.17) is 5.73 Å². The second kappa shape index (κ2) is 9.92. The normalized spacial score (nSPS) is 13.1. The monoisotopic (exact) mass is 346 g/mol. The molecule has 0 spiro atoms. The summed E-state index contributed by atoms with van der Waals surface area (Å²) in [7, 11) is 2.19. The fourth-order valence-corrected chi connectivity index (χ4v) is 3.55. The van der Waals surface area contributed by atoms with Crippen molar-refractivity contribution in [2.75, 3.05) is 13.6 Å². The first-order valence-corrected chi connectivity index (χ1v) is 8.97. The third-order valence-electron chi connectivity index (χ3n) is 3.59. The van der Waals surface area contributed by atoms with E-state index in [0.717, 1.165) is 13.1 Å². The fourth-order valence-electron chi connectivity index (χ4n) is 2.35. The summed E-state index contributed by atoms with van der Waals surface area (Å²) in [4.78, 5) is 2.40. The third-order valence-corrected chi connectivity index (χ3v) is 5.14. The maximum atomic E-state index is 5.93. The lowest BCUT2D eigenvalue weighted by Gasteiger charge is -2.26. The molecule has 0 aliphatic rings. The van der Waals surface area contributed by atoms with Crippen LogP contribution in [-0.4, -0.2) is 24.5 Å². The minimum atomic E-state index is 0.514. The Morgan fingerprint density at radius 2 is 2.05 bits per heavy atom. The summed E-state index contributed by atoms with van der Waals surface area (Å²) in [6, 6.07) is 2.72. The molecule has 0 saturated heterocycles. The first kappa shape index (κ1) is 17.2. The van der Waals surface area contributed by atoms with Gasteiger partial charge in [0.2, 0.25) is 0 Å². The Hall–Kier alpha value is 0.100. The maximum Gasteiger partial charge on any atom is 0.0701 e. The molecule has 0 amide bonds. The van der Waals surface area contributed by atoms with Crippen molar-refractivity contribution in [2.24, 2.45) is 5.73 Å². The number of nitrogens with zero attached hydrogens (tertiary/aromatic N) is 1. The summed E-state index contributed by atoms with van der Waals surface area (Å²) in [5.74, 6) is 0. The van der Waals surface area contributed by atoms with Crippen molar-refractivity contribution in [1.82, 2.24) is 4.90 Å². The first-order valence-electron chi connectivity index (χ1n) is 7.30. The highest BCUT2D eigenvalue weighted by atomic mass is 79.9. The molecule has 2 nitrogen and oxygen atoms in total. The zero-order valence-corrected chi connectivity index (χ0v) is 14.6. The number of halogens is 1. The van der Waals surface area contributed by atoms with Crippen LogP contribution >= 0.6 is 27.3 Å². The Morgan fingerprint density at radius 3 is 2.63 bits per heavy atom. The topological polar surface area (TPSA) is 29.3 Å². The van der Waals surface area contributed by atoms with Crippen LogP contribution in [0.5, 0.6) is 0 Å². The molecule has 110 valence electrons. The van der Waals surface area contributed by atoms with E-state index in [1.165, 1.54) is 47.9 Å². The Kier molecular flexibility index (Phi) is 8.95. The number of hydrogen-bond acceptors (Lipinski definition) is 3. The van der Waals surface area contributed by atoms with Gasteiger partial charge in [-0.1, -0.05) is 39.0 Å². The summed E-state index contributed by atoms with van der Waals surface area (Å²) >= 11 is 5.27. The van der Waals surface area contributed by atoms with Gasteiger partial charge in [0.25, 0.3) is 0 Å². The minimum absolute atomic E-state index is 0.514. The van der Waals surface area contributed by atoms with E-state index in [1.54, 1.807) is 11.3 Å². The van der Waals surface area contributed by atoms with Crippen LogP contribution in [0, 0.1) is 0 Å². The predicted octanol–water partition coefficient (Wildman–Crippen LogP) is 4.63. The van der Waals surface area contributed by atoms with Crippen LogP contribution in [0.3, 0.4) is 0 Å². The van der Waals surface area contributed by atoms with Gasteiger partial charge in [0.15, 0.2) is 0 Å². The summed E-state index contributed by atoms with van der Waals surface area (Å²) < 4.78 is 1.21. The highest BCUT2D eigenvalue weighted by molar-refractivity contribution is 9.11. The minimum Gasteiger partial charge on any atom is -0.329 e. The number of unbranched alkanes of at least 4 members (excludes halogenated alkanes) is 4. The number of thiophene rings is 1. The van der Waals surface area contributed by atoms with Gasteiger partial charge in [-0.3, -0.25) is 4.90 Å². The van der Waals surface area contributed by atoms with Gasteiger partial charge in [-0.25, -0.2) is 0 Å². The lowest BCUT2D eigenvalue weighted by molar-refractivity contribution is 0.223. The lowest BCUT2D eigenvalue weighted by atomic mass is 10.1. The van der Waals surface area contributed by atoms with Gasteiger partial charge in [-0.15, -0.1) is 11.3 Å². The quantitative estimate of drug-likeness (QED) is 0.625. The molecular weight excluding hydrogens is 320 g/mol. The smallest absolute Gasteiger partial charge is 0.0701 e. The van der Waals surface area contributed by atoms with Crippen LogP contribution < -0.4 is 5.73 Å². The van der Waals surface area contributed by atoms with Crippen LogP contribution in [0.25, 0.3) is 0 Å². The highest BCUT2D eigenvalue weighted by Crippen LogP contribution is 2.22. The molecule has 2 N–H and O–H groups in total. The Bertz CT molecular complexity index is 341. The molecule has 0 aromatic carbocycles. The van der Waals surface area contributed by atoms with Crippen LogP contribution in [0.15, 0.2) is 15.2 Å². The molecule has 0 fully saturated rings. The van der Waals surface area contributed by atoms with Gasteiger partial charge >= 0.3 is 0 Å². The van der Waals surface area contributed by atoms with Gasteiger partial charge in [0.1, 0.15) is 0 Å². The molecule has 0 radical (unpaired) electrons. The fraction of sp³-hybridized carbons (Fsp3) is 0.733. The molecule has 19 heavy (non-hydrogen) atoms. The molecule has 0 bridgehead atoms. The molecule has 1 atom stereocenters. The van der Waals surface area contributed by atoms with Gasteiger partial charge in [-0.2, -0.15) is 0 Å². The zero-order chi connectivity index (χ0) is 14.1. The molecule has 4 heteroatoms.